The second-order valence-corrected chi connectivity index (χ2v) is 9.48. The zero-order valence-corrected chi connectivity index (χ0v) is 20.7. The van der Waals surface area contributed by atoms with Crippen LogP contribution in [0.4, 0.5) is 10.1 Å². The quantitative estimate of drug-likeness (QED) is 0.306. The van der Waals surface area contributed by atoms with Crippen molar-refractivity contribution >= 4 is 40.3 Å². The van der Waals surface area contributed by atoms with Gasteiger partial charge in [0.15, 0.2) is 5.11 Å². The summed E-state index contributed by atoms with van der Waals surface area (Å²) in [5.74, 6) is 0.955. The Morgan fingerprint density at radius 2 is 1.97 bits per heavy atom. The van der Waals surface area contributed by atoms with E-state index in [-0.39, 0.29) is 10.1 Å². The first kappa shape index (κ1) is 24.0. The van der Waals surface area contributed by atoms with E-state index in [2.05, 4.69) is 34.9 Å². The fourth-order valence-electron chi connectivity index (χ4n) is 3.63. The maximum absolute atomic E-state index is 13.4. The van der Waals surface area contributed by atoms with Crippen molar-refractivity contribution in [3.05, 3.63) is 88.2 Å². The number of anilines is 1. The van der Waals surface area contributed by atoms with E-state index < -0.39 is 11.4 Å². The van der Waals surface area contributed by atoms with Gasteiger partial charge >= 0.3 is 0 Å². The molecule has 1 aliphatic heterocycles. The standard InChI is InChI=1S/C26H25ClFN3O2S/c1-16-6-4-5-7-17(16)15-32-19-9-11-24-20(13-19)23(14-26(2,3)33-24)30-31-25(34)29-18-8-10-22(28)21(27)12-18/h4-13H,14-15H2,1-3H3,(H2,29,31,34). The summed E-state index contributed by atoms with van der Waals surface area (Å²) < 4.78 is 25.6. The Bertz CT molecular complexity index is 1260. The van der Waals surface area contributed by atoms with Crippen molar-refractivity contribution in [2.75, 3.05) is 5.32 Å². The van der Waals surface area contributed by atoms with E-state index in [1.54, 1.807) is 6.07 Å². The number of halogens is 2. The van der Waals surface area contributed by atoms with Crippen LogP contribution in [0.15, 0.2) is 65.8 Å². The third-order valence-corrected chi connectivity index (χ3v) is 5.85. The average molecular weight is 498 g/mol. The van der Waals surface area contributed by atoms with Gasteiger partial charge < -0.3 is 14.8 Å². The number of hydrazone groups is 1. The highest BCUT2D eigenvalue weighted by Gasteiger charge is 2.31. The Labute approximate surface area is 208 Å². The monoisotopic (exact) mass is 497 g/mol. The van der Waals surface area contributed by atoms with Gasteiger partial charge in [0.2, 0.25) is 0 Å². The SMILES string of the molecule is Cc1ccccc1COc1ccc2c(c1)C(=NNC(=S)Nc1ccc(F)c(Cl)c1)CC(C)(C)O2. The van der Waals surface area contributed by atoms with Crippen LogP contribution < -0.4 is 20.2 Å². The predicted molar refractivity (Wildman–Crippen MR) is 139 cm³/mol. The number of aryl methyl sites for hydroxylation is 1. The molecule has 3 aromatic rings. The lowest BCUT2D eigenvalue weighted by Crippen LogP contribution is -2.37. The van der Waals surface area contributed by atoms with E-state index in [1.807, 2.05) is 44.2 Å². The molecule has 1 heterocycles. The summed E-state index contributed by atoms with van der Waals surface area (Å²) >= 11 is 11.2. The molecule has 34 heavy (non-hydrogen) atoms. The number of ether oxygens (including phenoxy) is 2. The van der Waals surface area contributed by atoms with Gasteiger partial charge in [-0.15, -0.1) is 0 Å². The number of benzene rings is 3. The summed E-state index contributed by atoms with van der Waals surface area (Å²) in [5, 5.41) is 7.77. The fourth-order valence-corrected chi connectivity index (χ4v) is 3.97. The normalized spacial score (nSPS) is 15.3. The van der Waals surface area contributed by atoms with E-state index >= 15 is 0 Å². The molecule has 0 fully saturated rings. The second-order valence-electron chi connectivity index (χ2n) is 8.66. The first-order valence-electron chi connectivity index (χ1n) is 10.8. The topological polar surface area (TPSA) is 54.9 Å². The number of nitrogens with zero attached hydrogens (tertiary/aromatic N) is 1. The molecule has 0 saturated carbocycles. The molecule has 0 aliphatic carbocycles. The molecular weight excluding hydrogens is 473 g/mol. The van der Waals surface area contributed by atoms with E-state index in [0.717, 1.165) is 28.3 Å². The molecule has 0 saturated heterocycles. The molecule has 0 radical (unpaired) electrons. The van der Waals surface area contributed by atoms with Crippen molar-refractivity contribution < 1.29 is 13.9 Å². The maximum atomic E-state index is 13.4. The van der Waals surface area contributed by atoms with Crippen LogP contribution in [0, 0.1) is 12.7 Å². The number of hydrogen-bond acceptors (Lipinski definition) is 4. The number of hydrogen-bond donors (Lipinski definition) is 2. The Morgan fingerprint density at radius 1 is 1.18 bits per heavy atom. The van der Waals surface area contributed by atoms with Gasteiger partial charge in [-0.1, -0.05) is 35.9 Å². The zero-order valence-electron chi connectivity index (χ0n) is 19.1. The molecule has 176 valence electrons. The summed E-state index contributed by atoms with van der Waals surface area (Å²) in [6, 6.07) is 18.1. The highest BCUT2D eigenvalue weighted by Crippen LogP contribution is 2.35. The number of thiocarbonyl (C=S) groups is 1. The number of fused-ring (bicyclic) bond motifs is 1. The lowest BCUT2D eigenvalue weighted by Gasteiger charge is -2.33. The van der Waals surface area contributed by atoms with Crippen molar-refractivity contribution in [2.24, 2.45) is 5.10 Å². The van der Waals surface area contributed by atoms with Crippen molar-refractivity contribution in [3.63, 3.8) is 0 Å². The molecule has 1 aliphatic rings. The van der Waals surface area contributed by atoms with Crippen LogP contribution in [0.3, 0.4) is 0 Å². The molecule has 0 unspecified atom stereocenters. The first-order valence-corrected chi connectivity index (χ1v) is 11.6. The average Bonchev–Trinajstić information content (AvgIpc) is 2.79. The molecule has 0 atom stereocenters. The minimum atomic E-state index is -0.493. The molecule has 0 aromatic heterocycles. The van der Waals surface area contributed by atoms with Crippen LogP contribution in [-0.4, -0.2) is 16.4 Å². The van der Waals surface area contributed by atoms with Gasteiger partial charge in [-0.2, -0.15) is 5.10 Å². The van der Waals surface area contributed by atoms with Crippen molar-refractivity contribution in [2.45, 2.75) is 39.4 Å². The molecule has 5 nitrogen and oxygen atoms in total. The second kappa shape index (κ2) is 9.99. The summed E-state index contributed by atoms with van der Waals surface area (Å²) in [4.78, 5) is 0. The number of nitrogens with one attached hydrogen (secondary N) is 2. The smallest absolute Gasteiger partial charge is 0.191 e. The third kappa shape index (κ3) is 5.85. The minimum absolute atomic E-state index is 0.0115. The third-order valence-electron chi connectivity index (χ3n) is 5.37. The van der Waals surface area contributed by atoms with Crippen molar-refractivity contribution in [1.82, 2.24) is 5.43 Å². The Morgan fingerprint density at radius 3 is 2.74 bits per heavy atom. The molecule has 0 bridgehead atoms. The Kier molecular flexibility index (Phi) is 7.05. The lowest BCUT2D eigenvalue weighted by atomic mass is 9.92. The Balaban J connectivity index is 1.51. The van der Waals surface area contributed by atoms with Gasteiger partial charge in [-0.05, 0) is 80.5 Å². The van der Waals surface area contributed by atoms with Crippen LogP contribution in [0.25, 0.3) is 0 Å². The van der Waals surface area contributed by atoms with Gasteiger partial charge in [-0.3, -0.25) is 5.43 Å². The highest BCUT2D eigenvalue weighted by atomic mass is 35.5. The lowest BCUT2D eigenvalue weighted by molar-refractivity contribution is 0.111. The largest absolute Gasteiger partial charge is 0.489 e. The van der Waals surface area contributed by atoms with E-state index in [9.17, 15) is 4.39 Å². The van der Waals surface area contributed by atoms with Crippen LogP contribution in [0.5, 0.6) is 11.5 Å². The van der Waals surface area contributed by atoms with E-state index in [0.29, 0.717) is 18.7 Å². The molecule has 2 N–H and O–H groups in total. The van der Waals surface area contributed by atoms with Crippen LogP contribution in [-0.2, 0) is 6.61 Å². The molecule has 0 spiro atoms. The minimum Gasteiger partial charge on any atom is -0.489 e. The van der Waals surface area contributed by atoms with Gasteiger partial charge in [0.05, 0.1) is 10.7 Å². The Hall–Kier alpha value is -3.16. The van der Waals surface area contributed by atoms with E-state index in [1.165, 1.54) is 17.7 Å². The summed E-state index contributed by atoms with van der Waals surface area (Å²) in [7, 11) is 0. The van der Waals surface area contributed by atoms with Crippen LogP contribution in [0.2, 0.25) is 5.02 Å². The predicted octanol–water partition coefficient (Wildman–Crippen LogP) is 6.62. The zero-order chi connectivity index (χ0) is 24.3. The molecule has 4 rings (SSSR count). The highest BCUT2D eigenvalue weighted by molar-refractivity contribution is 7.80. The van der Waals surface area contributed by atoms with Gasteiger partial charge in [0, 0.05) is 17.7 Å². The molecular formula is C26H25ClFN3O2S. The molecule has 3 aromatic carbocycles. The summed E-state index contributed by atoms with van der Waals surface area (Å²) in [6.45, 7) is 6.54. The van der Waals surface area contributed by atoms with Gasteiger partial charge in [0.25, 0.3) is 0 Å². The van der Waals surface area contributed by atoms with Gasteiger partial charge in [0.1, 0.15) is 29.5 Å². The fraction of sp³-hybridized carbons (Fsp3) is 0.231. The first-order chi connectivity index (χ1) is 16.2. The van der Waals surface area contributed by atoms with Crippen molar-refractivity contribution in [3.8, 4) is 11.5 Å². The molecule has 0 amide bonds. The molecule has 8 heteroatoms. The summed E-state index contributed by atoms with van der Waals surface area (Å²) in [6.07, 6.45) is 0.569. The van der Waals surface area contributed by atoms with Gasteiger partial charge in [-0.25, -0.2) is 4.39 Å². The van der Waals surface area contributed by atoms with Crippen LogP contribution in [0.1, 0.15) is 37.0 Å². The maximum Gasteiger partial charge on any atom is 0.191 e. The van der Waals surface area contributed by atoms with Crippen LogP contribution >= 0.6 is 23.8 Å². The number of rotatable bonds is 5. The van der Waals surface area contributed by atoms with Crippen molar-refractivity contribution in [1.29, 1.82) is 0 Å². The summed E-state index contributed by atoms with van der Waals surface area (Å²) in [5.41, 5.74) is 6.93. The van der Waals surface area contributed by atoms with E-state index in [4.69, 9.17) is 33.3 Å².